The van der Waals surface area contributed by atoms with Gasteiger partial charge in [-0.2, -0.15) is 13.2 Å². The highest BCUT2D eigenvalue weighted by atomic mass is 32.2. The van der Waals surface area contributed by atoms with Gasteiger partial charge in [0.15, 0.2) is 0 Å². The smallest absolute Gasteiger partial charge is 0.426 e. The molecule has 2 heterocycles. The number of nitrogens with zero attached hydrogens (tertiary/aromatic N) is 1. The summed E-state index contributed by atoms with van der Waals surface area (Å²) in [5.41, 5.74) is 0.608. The molecule has 1 N–H and O–H groups in total. The molecule has 158 valence electrons. The second-order valence-corrected chi connectivity index (χ2v) is 8.87. The summed E-state index contributed by atoms with van der Waals surface area (Å²) in [6.45, 7) is 0.0395. The van der Waals surface area contributed by atoms with Gasteiger partial charge >= 0.3 is 12.1 Å². The molecule has 0 saturated carbocycles. The number of rotatable bonds is 6. The van der Waals surface area contributed by atoms with Crippen LogP contribution in [0.4, 0.5) is 13.2 Å². The molecule has 1 aromatic carbocycles. The van der Waals surface area contributed by atoms with E-state index in [1.54, 1.807) is 12.1 Å². The van der Waals surface area contributed by atoms with E-state index in [4.69, 9.17) is 0 Å². The van der Waals surface area contributed by atoms with Gasteiger partial charge in [-0.15, -0.1) is 11.3 Å². The Labute approximate surface area is 174 Å². The van der Waals surface area contributed by atoms with Gasteiger partial charge < -0.3 is 4.74 Å². The van der Waals surface area contributed by atoms with Gasteiger partial charge in [0.2, 0.25) is 10.0 Å². The number of thiophene rings is 1. The number of carbonyl (C=O) groups is 1. The standard InChI is InChI=1S/C19H15F3N2O4S2/c1-28-18(25)16-10-15(17(29-16)19(20,21)22)13-2-4-14(5-3-13)30(26,27)24-11-12-6-8-23-9-7-12/h2-10,24H,11H2,1H3. The lowest BCUT2D eigenvalue weighted by Gasteiger charge is -2.10. The molecule has 0 spiro atoms. The van der Waals surface area contributed by atoms with E-state index in [0.717, 1.165) is 13.2 Å². The van der Waals surface area contributed by atoms with Crippen molar-refractivity contribution < 1.29 is 31.1 Å². The number of halogens is 3. The number of carbonyl (C=O) groups excluding carboxylic acids is 1. The Morgan fingerprint density at radius 2 is 1.77 bits per heavy atom. The molecule has 0 atom stereocenters. The number of ether oxygens (including phenoxy) is 1. The maximum Gasteiger partial charge on any atom is 0.426 e. The lowest BCUT2D eigenvalue weighted by atomic mass is 10.1. The Morgan fingerprint density at radius 3 is 2.33 bits per heavy atom. The number of hydrogen-bond donors (Lipinski definition) is 1. The van der Waals surface area contributed by atoms with Crippen molar-refractivity contribution in [3.8, 4) is 11.1 Å². The first-order chi connectivity index (χ1) is 14.1. The van der Waals surface area contributed by atoms with E-state index in [1.807, 2.05) is 0 Å². The van der Waals surface area contributed by atoms with Crippen molar-refractivity contribution in [3.63, 3.8) is 0 Å². The van der Waals surface area contributed by atoms with E-state index in [1.165, 1.54) is 36.7 Å². The van der Waals surface area contributed by atoms with Crippen LogP contribution in [-0.4, -0.2) is 26.5 Å². The van der Waals surface area contributed by atoms with Crippen molar-refractivity contribution in [2.45, 2.75) is 17.6 Å². The average molecular weight is 456 g/mol. The first kappa shape index (κ1) is 21.9. The third kappa shape index (κ3) is 4.86. The Balaban J connectivity index is 1.88. The molecule has 0 unspecified atom stereocenters. The lowest BCUT2D eigenvalue weighted by molar-refractivity contribution is -0.133. The minimum Gasteiger partial charge on any atom is -0.465 e. The van der Waals surface area contributed by atoms with Crippen molar-refractivity contribution in [2.24, 2.45) is 0 Å². The zero-order valence-corrected chi connectivity index (χ0v) is 17.1. The minimum absolute atomic E-state index is 0.0395. The first-order valence-electron chi connectivity index (χ1n) is 8.40. The van der Waals surface area contributed by atoms with Crippen LogP contribution in [0.2, 0.25) is 0 Å². The topological polar surface area (TPSA) is 85.4 Å². The molecule has 2 aromatic heterocycles. The van der Waals surface area contributed by atoms with E-state index in [9.17, 15) is 26.4 Å². The Hall–Kier alpha value is -2.76. The number of hydrogen-bond acceptors (Lipinski definition) is 6. The van der Waals surface area contributed by atoms with Crippen molar-refractivity contribution in [1.29, 1.82) is 0 Å². The van der Waals surface area contributed by atoms with Crippen LogP contribution in [-0.2, 0) is 27.5 Å². The fourth-order valence-corrected chi connectivity index (χ4v) is 4.58. The largest absolute Gasteiger partial charge is 0.465 e. The Morgan fingerprint density at radius 1 is 1.13 bits per heavy atom. The van der Waals surface area contributed by atoms with Gasteiger partial charge in [-0.25, -0.2) is 17.9 Å². The molecule has 0 aliphatic heterocycles. The van der Waals surface area contributed by atoms with Crippen LogP contribution >= 0.6 is 11.3 Å². The maximum atomic E-state index is 13.4. The third-order valence-electron chi connectivity index (χ3n) is 4.07. The summed E-state index contributed by atoms with van der Waals surface area (Å²) >= 11 is 0.274. The Bertz CT molecular complexity index is 1140. The normalized spacial score (nSPS) is 12.0. The molecule has 3 rings (SSSR count). The van der Waals surface area contributed by atoms with Crippen LogP contribution in [0.15, 0.2) is 59.8 Å². The number of methoxy groups -OCH3 is 1. The van der Waals surface area contributed by atoms with Gasteiger partial charge in [-0.05, 0) is 41.5 Å². The second-order valence-electron chi connectivity index (χ2n) is 6.05. The van der Waals surface area contributed by atoms with E-state index in [-0.39, 0.29) is 38.8 Å². The molecule has 0 aliphatic rings. The zero-order chi connectivity index (χ0) is 21.9. The van der Waals surface area contributed by atoms with Crippen molar-refractivity contribution in [3.05, 3.63) is 70.2 Å². The van der Waals surface area contributed by atoms with Crippen LogP contribution in [0.5, 0.6) is 0 Å². The van der Waals surface area contributed by atoms with Crippen LogP contribution in [0.25, 0.3) is 11.1 Å². The molecule has 0 fully saturated rings. The molecular weight excluding hydrogens is 441 g/mol. The molecule has 0 aliphatic carbocycles. The summed E-state index contributed by atoms with van der Waals surface area (Å²) in [6.07, 6.45) is -1.62. The van der Waals surface area contributed by atoms with Gasteiger partial charge in [-0.3, -0.25) is 4.98 Å². The number of esters is 1. The minimum atomic E-state index is -4.68. The summed E-state index contributed by atoms with van der Waals surface area (Å²) in [5.74, 6) is -0.878. The fourth-order valence-electron chi connectivity index (χ4n) is 2.59. The first-order valence-corrected chi connectivity index (χ1v) is 10.7. The summed E-state index contributed by atoms with van der Waals surface area (Å²) in [7, 11) is -2.80. The summed E-state index contributed by atoms with van der Waals surface area (Å²) < 4.78 is 72.0. The van der Waals surface area contributed by atoms with E-state index in [0.29, 0.717) is 5.56 Å². The van der Waals surface area contributed by atoms with Crippen molar-refractivity contribution >= 4 is 27.3 Å². The van der Waals surface area contributed by atoms with Gasteiger partial charge in [0.05, 0.1) is 12.0 Å². The van der Waals surface area contributed by atoms with Crippen LogP contribution in [0.1, 0.15) is 20.1 Å². The molecule has 0 bridgehead atoms. The van der Waals surface area contributed by atoms with Crippen LogP contribution in [0, 0.1) is 0 Å². The molecule has 11 heteroatoms. The quantitative estimate of drug-likeness (QED) is 0.565. The predicted octanol–water partition coefficient (Wildman–Crippen LogP) is 4.09. The van der Waals surface area contributed by atoms with Crippen molar-refractivity contribution in [1.82, 2.24) is 9.71 Å². The summed E-state index contributed by atoms with van der Waals surface area (Å²) in [6, 6.07) is 9.34. The van der Waals surface area contributed by atoms with Gasteiger partial charge in [0, 0.05) is 24.5 Å². The molecule has 0 amide bonds. The monoisotopic (exact) mass is 456 g/mol. The van der Waals surface area contributed by atoms with E-state index < -0.39 is 27.0 Å². The highest BCUT2D eigenvalue weighted by Gasteiger charge is 2.37. The number of sulfonamides is 1. The molecule has 0 radical (unpaired) electrons. The van der Waals surface area contributed by atoms with Gasteiger partial charge in [-0.1, -0.05) is 12.1 Å². The summed E-state index contributed by atoms with van der Waals surface area (Å²) in [4.78, 5) is 14.2. The Kier molecular flexibility index (Phi) is 6.25. The van der Waals surface area contributed by atoms with Gasteiger partial charge in [0.25, 0.3) is 0 Å². The molecular formula is C19H15F3N2O4S2. The van der Waals surface area contributed by atoms with E-state index in [2.05, 4.69) is 14.4 Å². The maximum absolute atomic E-state index is 13.4. The number of benzene rings is 1. The fraction of sp³-hybridized carbons (Fsp3) is 0.158. The molecule has 6 nitrogen and oxygen atoms in total. The average Bonchev–Trinajstić information content (AvgIpc) is 3.19. The van der Waals surface area contributed by atoms with Crippen molar-refractivity contribution in [2.75, 3.05) is 7.11 Å². The highest BCUT2D eigenvalue weighted by Crippen LogP contribution is 2.43. The van der Waals surface area contributed by atoms with E-state index >= 15 is 0 Å². The zero-order valence-electron chi connectivity index (χ0n) is 15.4. The van der Waals surface area contributed by atoms with Gasteiger partial charge in [0.1, 0.15) is 9.75 Å². The third-order valence-corrected chi connectivity index (χ3v) is 6.64. The summed E-state index contributed by atoms with van der Waals surface area (Å²) in [5, 5.41) is 0. The molecule has 3 aromatic rings. The molecule has 30 heavy (non-hydrogen) atoms. The lowest BCUT2D eigenvalue weighted by Crippen LogP contribution is -2.23. The molecule has 0 saturated heterocycles. The number of alkyl halides is 3. The SMILES string of the molecule is COC(=O)c1cc(-c2ccc(S(=O)(=O)NCc3ccncc3)cc2)c(C(F)(F)F)s1. The van der Waals surface area contributed by atoms with Crippen LogP contribution < -0.4 is 4.72 Å². The predicted molar refractivity (Wildman–Crippen MR) is 104 cm³/mol. The highest BCUT2D eigenvalue weighted by molar-refractivity contribution is 7.89. The number of nitrogens with one attached hydrogen (secondary N) is 1. The number of pyridine rings is 1. The second kappa shape index (κ2) is 8.54. The van der Waals surface area contributed by atoms with Crippen LogP contribution in [0.3, 0.4) is 0 Å². The number of aromatic nitrogens is 1.